The van der Waals surface area contributed by atoms with E-state index >= 15 is 0 Å². The monoisotopic (exact) mass is 367 g/mol. The Morgan fingerprint density at radius 2 is 1.81 bits per heavy atom. The summed E-state index contributed by atoms with van der Waals surface area (Å²) in [7, 11) is 0. The molecule has 3 N–H and O–H groups in total. The van der Waals surface area contributed by atoms with Crippen molar-refractivity contribution in [2.45, 2.75) is 6.92 Å². The number of carboxylic acids is 1. The first-order valence-electron chi connectivity index (χ1n) is 7.02. The minimum absolute atomic E-state index is 0.323. The number of nitrogens with zero attached hydrogens (tertiary/aromatic N) is 2. The summed E-state index contributed by atoms with van der Waals surface area (Å²) >= 11 is 0. The first-order chi connectivity index (χ1) is 12.1. The highest BCUT2D eigenvalue weighted by molar-refractivity contribution is 5.94. The lowest BCUT2D eigenvalue weighted by molar-refractivity contribution is 0.0695. The van der Waals surface area contributed by atoms with E-state index < -0.39 is 62.8 Å². The molecule has 0 amide bonds. The maximum absolute atomic E-state index is 14.2. The average Bonchev–Trinajstić information content (AvgIpc) is 2.57. The number of carboxylic acid groups (broad SMARTS) is 1. The lowest BCUT2D eigenvalue weighted by Crippen LogP contribution is -2.21. The number of aromatic nitrogens is 2. The largest absolute Gasteiger partial charge is 0.477 e. The molecule has 1 aromatic carbocycles. The number of nitrogen functional groups attached to an aromatic ring is 1. The Morgan fingerprint density at radius 3 is 2.42 bits per heavy atom. The molecule has 0 saturated heterocycles. The van der Waals surface area contributed by atoms with Gasteiger partial charge in [-0.2, -0.15) is 0 Å². The van der Waals surface area contributed by atoms with Crippen LogP contribution in [0.4, 0.5) is 23.4 Å². The molecule has 0 aliphatic carbocycles. The van der Waals surface area contributed by atoms with Gasteiger partial charge in [0, 0.05) is 17.8 Å². The molecule has 0 bridgehead atoms. The highest BCUT2D eigenvalue weighted by Crippen LogP contribution is 2.26. The molecule has 0 aliphatic heterocycles. The van der Waals surface area contributed by atoms with Gasteiger partial charge in [-0.15, -0.1) is 0 Å². The van der Waals surface area contributed by atoms with Crippen LogP contribution in [-0.4, -0.2) is 20.6 Å². The van der Waals surface area contributed by atoms with E-state index in [1.165, 1.54) is 0 Å². The number of benzene rings is 1. The van der Waals surface area contributed by atoms with Crippen molar-refractivity contribution in [3.63, 3.8) is 0 Å². The number of hydrogen-bond acceptors (Lipinski definition) is 4. The smallest absolute Gasteiger partial charge is 0.341 e. The number of pyridine rings is 2. The van der Waals surface area contributed by atoms with E-state index in [0.717, 1.165) is 11.5 Å². The normalized spacial score (nSPS) is 11.1. The minimum Gasteiger partial charge on any atom is -0.477 e. The van der Waals surface area contributed by atoms with Crippen LogP contribution in [0.5, 0.6) is 0 Å². The van der Waals surface area contributed by atoms with E-state index in [1.807, 2.05) is 0 Å². The first-order valence-corrected chi connectivity index (χ1v) is 7.02. The van der Waals surface area contributed by atoms with Gasteiger partial charge in [-0.05, 0) is 13.0 Å². The van der Waals surface area contributed by atoms with Gasteiger partial charge in [-0.3, -0.25) is 9.36 Å². The Balaban J connectivity index is 2.59. The first kappa shape index (κ1) is 17.4. The van der Waals surface area contributed by atoms with Crippen LogP contribution < -0.4 is 11.2 Å². The number of carbonyl (C=O) groups is 1. The van der Waals surface area contributed by atoms with Crippen LogP contribution >= 0.6 is 0 Å². The zero-order valence-electron chi connectivity index (χ0n) is 13.0. The summed E-state index contributed by atoms with van der Waals surface area (Å²) in [6.45, 7) is 1.11. The van der Waals surface area contributed by atoms with Crippen molar-refractivity contribution in [3.8, 4) is 5.82 Å². The summed E-state index contributed by atoms with van der Waals surface area (Å²) in [5, 5.41) is 8.67. The maximum Gasteiger partial charge on any atom is 0.341 e. The molecule has 26 heavy (non-hydrogen) atoms. The lowest BCUT2D eigenvalue weighted by atomic mass is 10.1. The molecule has 0 unspecified atom stereocenters. The number of anilines is 1. The number of rotatable bonds is 2. The topological polar surface area (TPSA) is 98.2 Å². The van der Waals surface area contributed by atoms with E-state index in [9.17, 15) is 32.3 Å². The second kappa shape index (κ2) is 5.83. The Morgan fingerprint density at radius 1 is 1.15 bits per heavy atom. The maximum atomic E-state index is 14.2. The van der Waals surface area contributed by atoms with Crippen molar-refractivity contribution in [1.29, 1.82) is 0 Å². The predicted molar refractivity (Wildman–Crippen MR) is 83.3 cm³/mol. The highest BCUT2D eigenvalue weighted by Gasteiger charge is 2.23. The van der Waals surface area contributed by atoms with Gasteiger partial charge in [0.2, 0.25) is 5.43 Å². The lowest BCUT2D eigenvalue weighted by Gasteiger charge is -2.15. The second-order valence-electron chi connectivity index (χ2n) is 5.40. The van der Waals surface area contributed by atoms with Gasteiger partial charge in [-0.1, -0.05) is 0 Å². The SMILES string of the molecule is Cc1c(F)c(F)cc2c(=O)c(C(=O)O)cn(-c3nc(N)c(F)cc3F)c12. The Bertz CT molecular complexity index is 1160. The van der Waals surface area contributed by atoms with Gasteiger partial charge in [0.15, 0.2) is 34.9 Å². The molecule has 3 aromatic rings. The van der Waals surface area contributed by atoms with Gasteiger partial charge in [-0.25, -0.2) is 27.3 Å². The van der Waals surface area contributed by atoms with Gasteiger partial charge < -0.3 is 10.8 Å². The molecule has 134 valence electrons. The number of aryl methyl sites for hydroxylation is 1. The summed E-state index contributed by atoms with van der Waals surface area (Å²) in [5.41, 5.74) is 2.66. The molecule has 0 spiro atoms. The number of hydrogen-bond donors (Lipinski definition) is 2. The van der Waals surface area contributed by atoms with Crippen molar-refractivity contribution in [3.05, 3.63) is 62.9 Å². The molecule has 6 nitrogen and oxygen atoms in total. The summed E-state index contributed by atoms with van der Waals surface area (Å²) in [5.74, 6) is -8.16. The van der Waals surface area contributed by atoms with Gasteiger partial charge in [0.25, 0.3) is 0 Å². The fraction of sp³-hybridized carbons (Fsp3) is 0.0625. The molecule has 10 heteroatoms. The number of nitrogens with two attached hydrogens (primary N) is 1. The van der Waals surface area contributed by atoms with Gasteiger partial charge in [0.05, 0.1) is 10.9 Å². The quantitative estimate of drug-likeness (QED) is 0.679. The van der Waals surface area contributed by atoms with Crippen molar-refractivity contribution in [2.75, 3.05) is 5.73 Å². The van der Waals surface area contributed by atoms with E-state index in [0.29, 0.717) is 18.3 Å². The summed E-state index contributed by atoms with van der Waals surface area (Å²) in [6, 6.07) is 0.908. The van der Waals surface area contributed by atoms with E-state index in [-0.39, 0.29) is 5.52 Å². The van der Waals surface area contributed by atoms with Gasteiger partial charge >= 0.3 is 5.97 Å². The summed E-state index contributed by atoms with van der Waals surface area (Å²) in [6.07, 6.45) is 0.695. The molecule has 3 rings (SSSR count). The molecule has 0 fully saturated rings. The van der Waals surface area contributed by atoms with Crippen LogP contribution in [-0.2, 0) is 0 Å². The van der Waals surface area contributed by atoms with Crippen LogP contribution in [0.25, 0.3) is 16.7 Å². The molecule has 2 heterocycles. The molecular weight excluding hydrogens is 358 g/mol. The molecule has 2 aromatic heterocycles. The Kier molecular flexibility index (Phi) is 3.90. The second-order valence-corrected chi connectivity index (χ2v) is 5.40. The average molecular weight is 367 g/mol. The van der Waals surface area contributed by atoms with Crippen LogP contribution in [0.3, 0.4) is 0 Å². The zero-order valence-corrected chi connectivity index (χ0v) is 13.0. The predicted octanol–water partition coefficient (Wildman–Crippen LogP) is 2.53. The van der Waals surface area contributed by atoms with Crippen molar-refractivity contribution >= 4 is 22.7 Å². The van der Waals surface area contributed by atoms with Crippen molar-refractivity contribution in [2.24, 2.45) is 0 Å². The number of fused-ring (bicyclic) bond motifs is 1. The van der Waals surface area contributed by atoms with E-state index in [4.69, 9.17) is 5.73 Å². The number of aromatic carboxylic acids is 1. The van der Waals surface area contributed by atoms with Crippen molar-refractivity contribution < 1.29 is 27.5 Å². The van der Waals surface area contributed by atoms with Crippen molar-refractivity contribution in [1.82, 2.24) is 9.55 Å². The van der Waals surface area contributed by atoms with Crippen LogP contribution in [0.1, 0.15) is 15.9 Å². The molecule has 0 atom stereocenters. The molecule has 0 aliphatic rings. The third-order valence-corrected chi connectivity index (χ3v) is 3.81. The number of halogens is 4. The highest BCUT2D eigenvalue weighted by atomic mass is 19.2. The Labute approximate surface area is 142 Å². The molecule has 0 saturated carbocycles. The van der Waals surface area contributed by atoms with Crippen LogP contribution in [0, 0.1) is 30.2 Å². The molecule has 0 radical (unpaired) electrons. The van der Waals surface area contributed by atoms with E-state index in [1.54, 1.807) is 0 Å². The Hall–Kier alpha value is -3.43. The van der Waals surface area contributed by atoms with Gasteiger partial charge in [0.1, 0.15) is 5.56 Å². The standard InChI is InChI=1S/C16H9F4N3O3/c1-5-11(20)8(17)2-6-12(5)23(4-7(13(6)24)16(25)26)15-10(19)3-9(18)14(21)22-15/h2-4H,1H3,(H2,21,22)(H,25,26). The molecular formula is C16H9F4N3O3. The summed E-state index contributed by atoms with van der Waals surface area (Å²) < 4.78 is 56.0. The third-order valence-electron chi connectivity index (χ3n) is 3.81. The fourth-order valence-electron chi connectivity index (χ4n) is 2.58. The van der Waals surface area contributed by atoms with E-state index in [2.05, 4.69) is 4.98 Å². The zero-order chi connectivity index (χ0) is 19.3. The minimum atomic E-state index is -1.68. The fourth-order valence-corrected chi connectivity index (χ4v) is 2.58. The summed E-state index contributed by atoms with van der Waals surface area (Å²) in [4.78, 5) is 27.1. The van der Waals surface area contributed by atoms with Crippen LogP contribution in [0.15, 0.2) is 23.1 Å². The van der Waals surface area contributed by atoms with Crippen LogP contribution in [0.2, 0.25) is 0 Å². The third kappa shape index (κ3) is 2.46.